The number of halogens is 4. The van der Waals surface area contributed by atoms with Crippen molar-refractivity contribution < 1.29 is 22.1 Å². The summed E-state index contributed by atoms with van der Waals surface area (Å²) < 4.78 is 70.3. The van der Waals surface area contributed by atoms with Gasteiger partial charge in [-0.1, -0.05) is 26.0 Å². The lowest BCUT2D eigenvalue weighted by molar-refractivity contribution is -0.171. The van der Waals surface area contributed by atoms with Gasteiger partial charge in [0, 0.05) is 42.1 Å². The fourth-order valence-corrected chi connectivity index (χ4v) is 5.89. The van der Waals surface area contributed by atoms with E-state index < -0.39 is 34.3 Å². The van der Waals surface area contributed by atoms with Crippen molar-refractivity contribution in [1.82, 2.24) is 18.9 Å². The zero-order chi connectivity index (χ0) is 25.9. The SMILES string of the molecule is CN([C@@H](c1ccc(N2CCC(C)(C)c3c2cnc2cc(F)nn32)cc1)C(F)(F)F)[S+]([O-])C(C)(C)C. The van der Waals surface area contributed by atoms with Crippen molar-refractivity contribution >= 4 is 28.4 Å². The first-order chi connectivity index (χ1) is 16.1. The molecule has 0 amide bonds. The number of anilines is 2. The molecule has 35 heavy (non-hydrogen) atoms. The molecule has 0 radical (unpaired) electrons. The molecule has 1 aliphatic rings. The molecule has 1 aliphatic heterocycles. The van der Waals surface area contributed by atoms with Gasteiger partial charge in [-0.15, -0.1) is 9.40 Å². The van der Waals surface area contributed by atoms with E-state index in [0.717, 1.165) is 22.1 Å². The molecule has 1 unspecified atom stereocenters. The minimum atomic E-state index is -4.61. The Bertz CT molecular complexity index is 1220. The third kappa shape index (κ3) is 4.73. The maximum atomic E-state index is 14.1. The zero-order valence-electron chi connectivity index (χ0n) is 20.5. The van der Waals surface area contributed by atoms with Crippen LogP contribution < -0.4 is 4.90 Å². The van der Waals surface area contributed by atoms with Crippen molar-refractivity contribution in [2.75, 3.05) is 18.5 Å². The number of benzene rings is 1. The van der Waals surface area contributed by atoms with Crippen LogP contribution in [0.4, 0.5) is 28.9 Å². The van der Waals surface area contributed by atoms with Gasteiger partial charge in [0.2, 0.25) is 5.95 Å². The standard InChI is InChI=1S/C24H29F4N5OS/c1-22(2,3)35(34)31(6)20(24(26,27)28)15-7-9-16(10-8-15)32-12-11-23(4,5)21-17(32)14-29-19-13-18(25)30-33(19)21/h7-10,13-14,20H,11-12H2,1-6H3/t20-,35?/m0/s1. The number of rotatable bonds is 4. The Morgan fingerprint density at radius 1 is 1.14 bits per heavy atom. The van der Waals surface area contributed by atoms with Crippen LogP contribution in [0.3, 0.4) is 0 Å². The van der Waals surface area contributed by atoms with Crippen molar-refractivity contribution in [2.45, 2.75) is 63.4 Å². The summed E-state index contributed by atoms with van der Waals surface area (Å²) >= 11 is -1.86. The van der Waals surface area contributed by atoms with Gasteiger partial charge in [-0.3, -0.25) is 0 Å². The molecule has 2 atom stereocenters. The van der Waals surface area contributed by atoms with Crippen LogP contribution >= 0.6 is 0 Å². The van der Waals surface area contributed by atoms with E-state index in [-0.39, 0.29) is 11.0 Å². The Hall–Kier alpha value is -2.37. The average Bonchev–Trinajstić information content (AvgIpc) is 3.12. The molecule has 3 heterocycles. The maximum absolute atomic E-state index is 14.1. The molecular formula is C24H29F4N5OS. The highest BCUT2D eigenvalue weighted by molar-refractivity contribution is 7.90. The maximum Gasteiger partial charge on any atom is 0.412 e. The van der Waals surface area contributed by atoms with E-state index in [9.17, 15) is 22.1 Å². The Morgan fingerprint density at radius 3 is 2.34 bits per heavy atom. The molecule has 0 fully saturated rings. The van der Waals surface area contributed by atoms with Crippen molar-refractivity contribution in [3.63, 3.8) is 0 Å². The largest absolute Gasteiger partial charge is 0.597 e. The monoisotopic (exact) mass is 511 g/mol. The molecule has 0 saturated heterocycles. The summed E-state index contributed by atoms with van der Waals surface area (Å²) in [6.07, 6.45) is -2.24. The number of nitrogens with zero attached hydrogens (tertiary/aromatic N) is 5. The highest BCUT2D eigenvalue weighted by Gasteiger charge is 2.50. The Labute approximate surface area is 205 Å². The van der Waals surface area contributed by atoms with Crippen molar-refractivity contribution in [3.05, 3.63) is 53.7 Å². The number of alkyl halides is 3. The molecule has 6 nitrogen and oxygen atoms in total. The van der Waals surface area contributed by atoms with Crippen molar-refractivity contribution in [3.8, 4) is 0 Å². The first kappa shape index (κ1) is 25.7. The molecule has 0 saturated carbocycles. The van der Waals surface area contributed by atoms with E-state index in [1.807, 2.05) is 18.7 Å². The second-order valence-electron chi connectivity index (χ2n) is 10.5. The highest BCUT2D eigenvalue weighted by atomic mass is 32.2. The van der Waals surface area contributed by atoms with Gasteiger partial charge in [-0.2, -0.15) is 17.6 Å². The number of hydrogen-bond donors (Lipinski definition) is 0. The van der Waals surface area contributed by atoms with E-state index in [1.165, 1.54) is 29.8 Å². The van der Waals surface area contributed by atoms with Crippen LogP contribution in [0.5, 0.6) is 0 Å². The van der Waals surface area contributed by atoms with E-state index in [0.29, 0.717) is 17.9 Å². The summed E-state index contributed by atoms with van der Waals surface area (Å²) in [5, 5.41) is 3.97. The third-order valence-electron chi connectivity index (χ3n) is 6.31. The normalized spacial score (nSPS) is 18.1. The molecule has 0 N–H and O–H groups in total. The fourth-order valence-electron chi connectivity index (χ4n) is 4.60. The van der Waals surface area contributed by atoms with Crippen molar-refractivity contribution in [2.24, 2.45) is 0 Å². The summed E-state index contributed by atoms with van der Waals surface area (Å²) in [6.45, 7) is 9.62. The van der Waals surface area contributed by atoms with Crippen LogP contribution in [0.15, 0.2) is 36.5 Å². The van der Waals surface area contributed by atoms with Crippen LogP contribution in [0.2, 0.25) is 0 Å². The van der Waals surface area contributed by atoms with Gasteiger partial charge in [0.1, 0.15) is 4.75 Å². The lowest BCUT2D eigenvalue weighted by Crippen LogP contribution is -2.46. The second-order valence-corrected chi connectivity index (χ2v) is 12.8. The summed E-state index contributed by atoms with van der Waals surface area (Å²) in [7, 11) is 1.23. The lowest BCUT2D eigenvalue weighted by atomic mass is 9.81. The second kappa shape index (κ2) is 8.63. The Kier molecular flexibility index (Phi) is 6.34. The molecule has 4 rings (SSSR count). The minimum Gasteiger partial charge on any atom is -0.597 e. The minimum absolute atomic E-state index is 0.00152. The van der Waals surface area contributed by atoms with Gasteiger partial charge < -0.3 is 9.45 Å². The molecule has 0 spiro atoms. The Morgan fingerprint density at radius 2 is 1.77 bits per heavy atom. The third-order valence-corrected chi connectivity index (χ3v) is 8.09. The quantitative estimate of drug-likeness (QED) is 0.333. The van der Waals surface area contributed by atoms with Crippen LogP contribution in [-0.2, 0) is 16.8 Å². The molecule has 3 aromatic rings. The topological polar surface area (TPSA) is 59.7 Å². The molecule has 11 heteroatoms. The molecule has 0 bridgehead atoms. The molecule has 190 valence electrons. The van der Waals surface area contributed by atoms with Crippen LogP contribution in [0.1, 0.15) is 58.3 Å². The highest BCUT2D eigenvalue weighted by Crippen LogP contribution is 2.44. The summed E-state index contributed by atoms with van der Waals surface area (Å²) in [5.41, 5.74) is 2.28. The van der Waals surface area contributed by atoms with E-state index >= 15 is 0 Å². The molecule has 2 aromatic heterocycles. The van der Waals surface area contributed by atoms with E-state index in [2.05, 4.69) is 10.1 Å². The van der Waals surface area contributed by atoms with Crippen LogP contribution in [-0.4, -0.2) is 48.0 Å². The summed E-state index contributed by atoms with van der Waals surface area (Å²) in [4.78, 5) is 6.28. The number of aromatic nitrogens is 3. The van der Waals surface area contributed by atoms with Crippen LogP contribution in [0.25, 0.3) is 5.65 Å². The average molecular weight is 512 g/mol. The fraction of sp³-hybridized carbons (Fsp3) is 0.500. The first-order valence-corrected chi connectivity index (χ1v) is 12.4. The number of hydrogen-bond acceptors (Lipinski definition) is 5. The van der Waals surface area contributed by atoms with E-state index in [1.54, 1.807) is 39.1 Å². The van der Waals surface area contributed by atoms with E-state index in [4.69, 9.17) is 0 Å². The van der Waals surface area contributed by atoms with Gasteiger partial charge in [0.15, 0.2) is 11.7 Å². The first-order valence-electron chi connectivity index (χ1n) is 11.2. The summed E-state index contributed by atoms with van der Waals surface area (Å²) in [6, 6.07) is 5.33. The van der Waals surface area contributed by atoms with Gasteiger partial charge in [-0.05, 0) is 44.9 Å². The summed E-state index contributed by atoms with van der Waals surface area (Å²) in [5.74, 6) is -0.627. The van der Waals surface area contributed by atoms with Gasteiger partial charge in [-0.25, -0.2) is 9.50 Å². The van der Waals surface area contributed by atoms with Gasteiger partial charge in [0.05, 0.1) is 17.6 Å². The van der Waals surface area contributed by atoms with Crippen molar-refractivity contribution in [1.29, 1.82) is 0 Å². The van der Waals surface area contributed by atoms with Gasteiger partial charge in [0.25, 0.3) is 0 Å². The molecule has 1 aromatic carbocycles. The number of fused-ring (bicyclic) bond motifs is 3. The van der Waals surface area contributed by atoms with Gasteiger partial charge >= 0.3 is 6.18 Å². The Balaban J connectivity index is 1.73. The van der Waals surface area contributed by atoms with Crippen LogP contribution in [0, 0.1) is 5.95 Å². The zero-order valence-corrected chi connectivity index (χ0v) is 21.3. The molecular weight excluding hydrogens is 482 g/mol. The lowest BCUT2D eigenvalue weighted by Gasteiger charge is -2.40. The smallest absolute Gasteiger partial charge is 0.412 e. The molecule has 0 aliphatic carbocycles. The predicted molar refractivity (Wildman–Crippen MR) is 128 cm³/mol. The predicted octanol–water partition coefficient (Wildman–Crippen LogP) is 5.69.